The third kappa shape index (κ3) is 4.12. The molecule has 0 radical (unpaired) electrons. The first kappa shape index (κ1) is 17.7. The number of hydrogen-bond donors (Lipinski definition) is 2. The Labute approximate surface area is 153 Å². The number of rotatable bonds is 5. The van der Waals surface area contributed by atoms with Crippen molar-refractivity contribution in [1.82, 2.24) is 10.4 Å². The summed E-state index contributed by atoms with van der Waals surface area (Å²) in [7, 11) is 0. The summed E-state index contributed by atoms with van der Waals surface area (Å²) >= 11 is 8.62. The zero-order valence-electron chi connectivity index (χ0n) is 12.3. The molecule has 25 heavy (non-hydrogen) atoms. The molecule has 0 saturated carbocycles. The number of nitrogens with one attached hydrogen (secondary N) is 2. The minimum atomic E-state index is -1.61. The number of hydrogen-bond acceptors (Lipinski definition) is 5. The Morgan fingerprint density at radius 3 is 2.68 bits per heavy atom. The highest BCUT2D eigenvalue weighted by molar-refractivity contribution is 7.23. The molecule has 0 aliphatic rings. The van der Waals surface area contributed by atoms with Gasteiger partial charge in [-0.15, -0.1) is 22.7 Å². The molecular weight excluding hydrogens is 395 g/mol. The largest absolute Gasteiger partial charge is 0.296 e. The van der Waals surface area contributed by atoms with Gasteiger partial charge in [-0.25, -0.2) is 18.2 Å². The van der Waals surface area contributed by atoms with Gasteiger partial charge in [-0.05, 0) is 24.3 Å². The summed E-state index contributed by atoms with van der Waals surface area (Å²) in [6.07, 6.45) is -0.0616. The van der Waals surface area contributed by atoms with Crippen LogP contribution in [-0.4, -0.2) is 10.9 Å². The third-order valence-electron chi connectivity index (χ3n) is 3.05. The summed E-state index contributed by atoms with van der Waals surface area (Å²) in [4.78, 5) is 17.1. The summed E-state index contributed by atoms with van der Waals surface area (Å²) in [6.45, 7) is 0. The minimum Gasteiger partial charge on any atom is -0.296 e. The molecule has 0 spiro atoms. The normalized spacial score (nSPS) is 10.7. The number of halogens is 4. The van der Waals surface area contributed by atoms with Crippen LogP contribution in [0.3, 0.4) is 0 Å². The number of hydrazine groups is 1. The smallest absolute Gasteiger partial charge is 0.244 e. The lowest BCUT2D eigenvalue weighted by Gasteiger charge is -2.09. The Bertz CT molecular complexity index is 929. The number of carbonyl (C=O) groups excluding carboxylic acids is 1. The lowest BCUT2D eigenvalue weighted by atomic mass is 10.3. The van der Waals surface area contributed by atoms with Crippen LogP contribution in [-0.2, 0) is 11.2 Å². The predicted molar refractivity (Wildman–Crippen MR) is 92.2 cm³/mol. The summed E-state index contributed by atoms with van der Waals surface area (Å²) in [5, 5.41) is 2.46. The molecule has 2 N–H and O–H groups in total. The maximum Gasteiger partial charge on any atom is 0.244 e. The molecule has 0 unspecified atom stereocenters. The van der Waals surface area contributed by atoms with Crippen LogP contribution >= 0.6 is 34.3 Å². The number of thiophene rings is 1. The van der Waals surface area contributed by atoms with Crippen molar-refractivity contribution in [2.24, 2.45) is 0 Å². The summed E-state index contributed by atoms with van der Waals surface area (Å²) in [6, 6.07) is 5.33. The molecule has 130 valence electrons. The second-order valence-corrected chi connectivity index (χ2v) is 7.39. The number of thiazole rings is 1. The molecule has 0 aliphatic heterocycles. The molecule has 3 aromatic rings. The Balaban J connectivity index is 1.60. The highest BCUT2D eigenvalue weighted by Gasteiger charge is 2.14. The fraction of sp³-hybridized carbons (Fsp3) is 0.0667. The number of nitrogens with zero attached hydrogens (tertiary/aromatic N) is 1. The molecule has 0 bridgehead atoms. The molecule has 3 rings (SSSR count). The summed E-state index contributed by atoms with van der Waals surface area (Å²) in [5.41, 5.74) is 4.59. The average molecular weight is 404 g/mol. The quantitative estimate of drug-likeness (QED) is 0.482. The lowest BCUT2D eigenvalue weighted by Crippen LogP contribution is -2.31. The molecule has 1 aromatic carbocycles. The molecule has 2 heterocycles. The van der Waals surface area contributed by atoms with Gasteiger partial charge in [-0.3, -0.25) is 15.6 Å². The SMILES string of the molecule is O=C(Cc1csc(-c2ccc(Cl)s2)n1)NNc1ccc(F)c(F)c1F. The van der Waals surface area contributed by atoms with Crippen LogP contribution < -0.4 is 10.9 Å². The van der Waals surface area contributed by atoms with E-state index in [0.29, 0.717) is 10.0 Å². The van der Waals surface area contributed by atoms with E-state index in [1.54, 1.807) is 11.4 Å². The average Bonchev–Trinajstić information content (AvgIpc) is 3.21. The summed E-state index contributed by atoms with van der Waals surface area (Å²) in [5.74, 6) is -4.84. The van der Waals surface area contributed by atoms with Crippen molar-refractivity contribution in [3.05, 3.63) is 57.1 Å². The molecule has 0 fully saturated rings. The second-order valence-electron chi connectivity index (χ2n) is 4.82. The van der Waals surface area contributed by atoms with Crippen molar-refractivity contribution in [2.75, 3.05) is 5.43 Å². The van der Waals surface area contributed by atoms with Gasteiger partial charge in [0, 0.05) is 5.38 Å². The first-order valence-electron chi connectivity index (χ1n) is 6.82. The van der Waals surface area contributed by atoms with Crippen LogP contribution in [0.25, 0.3) is 9.88 Å². The van der Waals surface area contributed by atoms with Crippen LogP contribution in [0, 0.1) is 17.5 Å². The number of amides is 1. The second kappa shape index (κ2) is 7.42. The first-order valence-corrected chi connectivity index (χ1v) is 8.90. The summed E-state index contributed by atoms with van der Waals surface area (Å²) < 4.78 is 40.1. The number of aromatic nitrogens is 1. The van der Waals surface area contributed by atoms with Crippen LogP contribution in [0.15, 0.2) is 29.6 Å². The molecule has 10 heteroatoms. The molecule has 1 amide bonds. The van der Waals surface area contributed by atoms with Gasteiger partial charge in [0.2, 0.25) is 5.91 Å². The fourth-order valence-corrected chi connectivity index (χ4v) is 3.83. The van der Waals surface area contributed by atoms with E-state index in [2.05, 4.69) is 15.8 Å². The fourth-order valence-electron chi connectivity index (χ4n) is 1.90. The highest BCUT2D eigenvalue weighted by atomic mass is 35.5. The molecule has 4 nitrogen and oxygen atoms in total. The van der Waals surface area contributed by atoms with Crippen molar-refractivity contribution in [3.63, 3.8) is 0 Å². The lowest BCUT2D eigenvalue weighted by molar-refractivity contribution is -0.120. The molecule has 0 atom stereocenters. The van der Waals surface area contributed by atoms with Crippen molar-refractivity contribution in [2.45, 2.75) is 6.42 Å². The minimum absolute atomic E-state index is 0.0616. The standard InChI is InChI=1S/C15H9ClF3N3OS2/c16-11-4-3-10(25-11)15-20-7(6-24-15)5-12(23)22-21-9-2-1-8(17)13(18)14(9)19/h1-4,6,21H,5H2,(H,22,23). The van der Waals surface area contributed by atoms with Crippen molar-refractivity contribution >= 4 is 45.9 Å². The van der Waals surface area contributed by atoms with Crippen LogP contribution in [0.4, 0.5) is 18.9 Å². The Kier molecular flexibility index (Phi) is 5.26. The maximum absolute atomic E-state index is 13.5. The van der Waals surface area contributed by atoms with Crippen LogP contribution in [0.2, 0.25) is 4.34 Å². The van der Waals surface area contributed by atoms with E-state index in [1.807, 2.05) is 6.07 Å². The Hall–Kier alpha value is -2.10. The van der Waals surface area contributed by atoms with Crippen LogP contribution in [0.5, 0.6) is 0 Å². The van der Waals surface area contributed by atoms with Gasteiger partial charge >= 0.3 is 0 Å². The number of benzene rings is 1. The van der Waals surface area contributed by atoms with Gasteiger partial charge in [0.1, 0.15) is 5.01 Å². The maximum atomic E-state index is 13.5. The molecule has 2 aromatic heterocycles. The molecule has 0 aliphatic carbocycles. The topological polar surface area (TPSA) is 54.0 Å². The monoisotopic (exact) mass is 403 g/mol. The Morgan fingerprint density at radius 1 is 1.16 bits per heavy atom. The van der Waals surface area contributed by atoms with Gasteiger partial charge in [-0.1, -0.05) is 11.6 Å². The Morgan fingerprint density at radius 2 is 1.96 bits per heavy atom. The van der Waals surface area contributed by atoms with Gasteiger partial charge in [0.15, 0.2) is 17.5 Å². The third-order valence-corrected chi connectivity index (χ3v) is 5.34. The van der Waals surface area contributed by atoms with Gasteiger partial charge in [0.25, 0.3) is 0 Å². The van der Waals surface area contributed by atoms with E-state index in [4.69, 9.17) is 11.6 Å². The molecular formula is C15H9ClF3N3OS2. The van der Waals surface area contributed by atoms with Gasteiger partial charge < -0.3 is 0 Å². The van der Waals surface area contributed by atoms with E-state index >= 15 is 0 Å². The predicted octanol–water partition coefficient (Wildman–Crippen LogP) is 4.63. The van der Waals surface area contributed by atoms with E-state index < -0.39 is 23.4 Å². The van der Waals surface area contributed by atoms with E-state index in [0.717, 1.165) is 22.0 Å². The number of carbonyl (C=O) groups is 1. The number of anilines is 1. The van der Waals surface area contributed by atoms with Gasteiger partial charge in [-0.2, -0.15) is 0 Å². The van der Waals surface area contributed by atoms with Crippen molar-refractivity contribution < 1.29 is 18.0 Å². The first-order chi connectivity index (χ1) is 11.9. The highest BCUT2D eigenvalue weighted by Crippen LogP contribution is 2.32. The van der Waals surface area contributed by atoms with Crippen molar-refractivity contribution in [3.8, 4) is 9.88 Å². The van der Waals surface area contributed by atoms with Crippen LogP contribution in [0.1, 0.15) is 5.69 Å². The van der Waals surface area contributed by atoms with E-state index in [1.165, 1.54) is 22.7 Å². The van der Waals surface area contributed by atoms with Crippen molar-refractivity contribution in [1.29, 1.82) is 0 Å². The molecule has 0 saturated heterocycles. The van der Waals surface area contributed by atoms with E-state index in [9.17, 15) is 18.0 Å². The zero-order chi connectivity index (χ0) is 18.0. The van der Waals surface area contributed by atoms with E-state index in [-0.39, 0.29) is 12.1 Å². The van der Waals surface area contributed by atoms with Gasteiger partial charge in [0.05, 0.1) is 27.0 Å². The zero-order valence-corrected chi connectivity index (χ0v) is 14.7.